The fourth-order valence-corrected chi connectivity index (χ4v) is 2.46. The molecule has 1 amide bonds. The Kier molecular flexibility index (Phi) is 6.01. The van der Waals surface area contributed by atoms with Crippen LogP contribution in [0.2, 0.25) is 0 Å². The molecular formula is C20H23NO3. The van der Waals surface area contributed by atoms with Gasteiger partial charge in [0.25, 0.3) is 0 Å². The molecule has 4 nitrogen and oxygen atoms in total. The normalized spacial score (nSPS) is 10.7. The van der Waals surface area contributed by atoms with Gasteiger partial charge in [0.1, 0.15) is 11.5 Å². The van der Waals surface area contributed by atoms with Crippen molar-refractivity contribution in [3.8, 4) is 11.5 Å². The van der Waals surface area contributed by atoms with E-state index in [-0.39, 0.29) is 5.91 Å². The highest BCUT2D eigenvalue weighted by atomic mass is 16.5. The van der Waals surface area contributed by atoms with Crippen LogP contribution in [0.1, 0.15) is 23.6 Å². The molecule has 2 rings (SSSR count). The number of ether oxygens (including phenoxy) is 2. The van der Waals surface area contributed by atoms with Gasteiger partial charge in [-0.05, 0) is 79.9 Å². The minimum atomic E-state index is -0.172. The minimum Gasteiger partial charge on any atom is -0.497 e. The van der Waals surface area contributed by atoms with Crippen LogP contribution in [0.4, 0.5) is 5.69 Å². The van der Waals surface area contributed by atoms with Crippen LogP contribution >= 0.6 is 0 Å². The van der Waals surface area contributed by atoms with Gasteiger partial charge in [0.15, 0.2) is 0 Å². The van der Waals surface area contributed by atoms with Crippen LogP contribution in [0.15, 0.2) is 42.5 Å². The van der Waals surface area contributed by atoms with Gasteiger partial charge in [-0.3, -0.25) is 4.79 Å². The van der Waals surface area contributed by atoms with Crippen molar-refractivity contribution in [2.24, 2.45) is 0 Å². The highest BCUT2D eigenvalue weighted by Crippen LogP contribution is 2.23. The second-order valence-electron chi connectivity index (χ2n) is 5.45. The third kappa shape index (κ3) is 4.62. The molecule has 2 aromatic rings. The topological polar surface area (TPSA) is 47.6 Å². The summed E-state index contributed by atoms with van der Waals surface area (Å²) >= 11 is 0. The zero-order valence-corrected chi connectivity index (χ0v) is 14.6. The van der Waals surface area contributed by atoms with Crippen molar-refractivity contribution in [2.75, 3.05) is 19.0 Å². The third-order valence-corrected chi connectivity index (χ3v) is 3.64. The lowest BCUT2D eigenvalue weighted by Gasteiger charge is -2.09. The number of amides is 1. The lowest BCUT2D eigenvalue weighted by molar-refractivity contribution is -0.111. The third-order valence-electron chi connectivity index (χ3n) is 3.64. The van der Waals surface area contributed by atoms with Gasteiger partial charge in [-0.15, -0.1) is 0 Å². The Labute approximate surface area is 143 Å². The van der Waals surface area contributed by atoms with E-state index in [1.807, 2.05) is 63.2 Å². The van der Waals surface area contributed by atoms with Crippen molar-refractivity contribution in [3.05, 3.63) is 59.2 Å². The zero-order valence-electron chi connectivity index (χ0n) is 14.6. The smallest absolute Gasteiger partial charge is 0.248 e. The van der Waals surface area contributed by atoms with E-state index in [1.54, 1.807) is 7.11 Å². The van der Waals surface area contributed by atoms with Gasteiger partial charge in [0, 0.05) is 11.8 Å². The average molecular weight is 325 g/mol. The van der Waals surface area contributed by atoms with Crippen molar-refractivity contribution in [1.82, 2.24) is 0 Å². The number of methoxy groups -OCH3 is 1. The number of anilines is 1. The predicted octanol–water partition coefficient (Wildman–Crippen LogP) is 4.36. The molecular weight excluding hydrogens is 302 g/mol. The van der Waals surface area contributed by atoms with Crippen molar-refractivity contribution >= 4 is 17.7 Å². The molecule has 1 N–H and O–H groups in total. The van der Waals surface area contributed by atoms with Crippen molar-refractivity contribution in [1.29, 1.82) is 0 Å². The van der Waals surface area contributed by atoms with Crippen LogP contribution in [-0.4, -0.2) is 19.6 Å². The summed E-state index contributed by atoms with van der Waals surface area (Å²) in [5.74, 6) is 1.44. The summed E-state index contributed by atoms with van der Waals surface area (Å²) in [6, 6.07) is 11.2. The lowest BCUT2D eigenvalue weighted by atomic mass is 10.0. The molecule has 0 bridgehead atoms. The summed E-state index contributed by atoms with van der Waals surface area (Å²) in [7, 11) is 1.65. The highest BCUT2D eigenvalue weighted by molar-refractivity contribution is 6.02. The van der Waals surface area contributed by atoms with E-state index >= 15 is 0 Å². The first-order valence-corrected chi connectivity index (χ1v) is 7.90. The summed E-state index contributed by atoms with van der Waals surface area (Å²) in [6.45, 7) is 6.55. The van der Waals surface area contributed by atoms with E-state index in [9.17, 15) is 4.79 Å². The monoisotopic (exact) mass is 325 g/mol. The maximum absolute atomic E-state index is 12.1. The molecule has 0 aliphatic rings. The Balaban J connectivity index is 2.05. The molecule has 0 radical (unpaired) electrons. The Morgan fingerprint density at radius 1 is 1.08 bits per heavy atom. The van der Waals surface area contributed by atoms with E-state index in [0.29, 0.717) is 6.61 Å². The van der Waals surface area contributed by atoms with Gasteiger partial charge in [0.2, 0.25) is 5.91 Å². The number of hydrogen-bond acceptors (Lipinski definition) is 3. The van der Waals surface area contributed by atoms with E-state index in [1.165, 1.54) is 6.08 Å². The molecule has 0 saturated heterocycles. The summed E-state index contributed by atoms with van der Waals surface area (Å²) < 4.78 is 10.6. The standard InChI is InChI=1S/C20H23NO3/c1-5-24-17-8-6-16(7-9-17)21-20(22)11-10-19-14(2)12-18(23-4)13-15(19)3/h6-13H,5H2,1-4H3,(H,21,22)/b11-10+. The van der Waals surface area contributed by atoms with E-state index in [4.69, 9.17) is 9.47 Å². The highest BCUT2D eigenvalue weighted by Gasteiger charge is 2.04. The number of carbonyl (C=O) groups is 1. The van der Waals surface area contributed by atoms with Crippen molar-refractivity contribution in [3.63, 3.8) is 0 Å². The molecule has 0 aromatic heterocycles. The number of nitrogens with one attached hydrogen (secondary N) is 1. The Morgan fingerprint density at radius 2 is 1.71 bits per heavy atom. The summed E-state index contributed by atoms with van der Waals surface area (Å²) in [5, 5.41) is 2.84. The molecule has 0 spiro atoms. The average Bonchev–Trinajstić information content (AvgIpc) is 2.56. The number of aryl methyl sites for hydroxylation is 2. The van der Waals surface area contributed by atoms with Gasteiger partial charge < -0.3 is 14.8 Å². The van der Waals surface area contributed by atoms with E-state index < -0.39 is 0 Å². The fourth-order valence-electron chi connectivity index (χ4n) is 2.46. The first kappa shape index (κ1) is 17.6. The Bertz CT molecular complexity index is 710. The molecule has 0 saturated carbocycles. The zero-order chi connectivity index (χ0) is 17.5. The minimum absolute atomic E-state index is 0.172. The molecule has 4 heteroatoms. The lowest BCUT2D eigenvalue weighted by Crippen LogP contribution is -2.07. The quantitative estimate of drug-likeness (QED) is 0.803. The Hall–Kier alpha value is -2.75. The van der Waals surface area contributed by atoms with Crippen LogP contribution in [0.3, 0.4) is 0 Å². The second kappa shape index (κ2) is 8.20. The molecule has 0 heterocycles. The maximum Gasteiger partial charge on any atom is 0.248 e. The summed E-state index contributed by atoms with van der Waals surface area (Å²) in [5.41, 5.74) is 3.89. The molecule has 2 aromatic carbocycles. The van der Waals surface area contributed by atoms with Crippen molar-refractivity contribution in [2.45, 2.75) is 20.8 Å². The van der Waals surface area contributed by atoms with Gasteiger partial charge in [-0.1, -0.05) is 0 Å². The molecule has 24 heavy (non-hydrogen) atoms. The van der Waals surface area contributed by atoms with Crippen LogP contribution in [-0.2, 0) is 4.79 Å². The van der Waals surface area contributed by atoms with Gasteiger partial charge in [-0.25, -0.2) is 0 Å². The maximum atomic E-state index is 12.1. The number of hydrogen-bond donors (Lipinski definition) is 1. The SMILES string of the molecule is CCOc1ccc(NC(=O)/C=C/c2c(C)cc(OC)cc2C)cc1. The van der Waals surface area contributed by atoms with Crippen molar-refractivity contribution < 1.29 is 14.3 Å². The van der Waals surface area contributed by atoms with Gasteiger partial charge in [0.05, 0.1) is 13.7 Å². The largest absolute Gasteiger partial charge is 0.497 e. The van der Waals surface area contributed by atoms with Crippen LogP contribution in [0.25, 0.3) is 6.08 Å². The van der Waals surface area contributed by atoms with E-state index in [0.717, 1.165) is 33.9 Å². The fraction of sp³-hybridized carbons (Fsp3) is 0.250. The van der Waals surface area contributed by atoms with Gasteiger partial charge in [-0.2, -0.15) is 0 Å². The van der Waals surface area contributed by atoms with Crippen LogP contribution in [0, 0.1) is 13.8 Å². The molecule has 0 aliphatic heterocycles. The number of rotatable bonds is 6. The van der Waals surface area contributed by atoms with E-state index in [2.05, 4.69) is 5.32 Å². The molecule has 126 valence electrons. The van der Waals surface area contributed by atoms with Crippen LogP contribution < -0.4 is 14.8 Å². The van der Waals surface area contributed by atoms with Crippen LogP contribution in [0.5, 0.6) is 11.5 Å². The summed E-state index contributed by atoms with van der Waals surface area (Å²) in [6.07, 6.45) is 3.37. The molecule has 0 fully saturated rings. The Morgan fingerprint density at radius 3 is 2.25 bits per heavy atom. The molecule has 0 unspecified atom stereocenters. The first-order chi connectivity index (χ1) is 11.5. The predicted molar refractivity (Wildman–Crippen MR) is 97.7 cm³/mol. The van der Waals surface area contributed by atoms with Gasteiger partial charge >= 0.3 is 0 Å². The summed E-state index contributed by atoms with van der Waals surface area (Å²) in [4.78, 5) is 12.1. The second-order valence-corrected chi connectivity index (χ2v) is 5.45. The number of carbonyl (C=O) groups excluding carboxylic acids is 1. The molecule has 0 aliphatic carbocycles. The first-order valence-electron chi connectivity index (χ1n) is 7.90. The molecule has 0 atom stereocenters. The number of benzene rings is 2.